The van der Waals surface area contributed by atoms with Crippen molar-refractivity contribution in [2.75, 3.05) is 7.11 Å². The Hall–Kier alpha value is -1.52. The maximum Gasteiger partial charge on any atom is 0.129 e. The Morgan fingerprint density at radius 2 is 1.95 bits per heavy atom. The summed E-state index contributed by atoms with van der Waals surface area (Å²) in [6.45, 7) is 0. The van der Waals surface area contributed by atoms with Gasteiger partial charge in [-0.25, -0.2) is 0 Å². The molecule has 2 atom stereocenters. The Morgan fingerprint density at radius 1 is 1.20 bits per heavy atom. The topological polar surface area (TPSA) is 38.7 Å². The van der Waals surface area contributed by atoms with Crippen LogP contribution in [-0.2, 0) is 0 Å². The van der Waals surface area contributed by atoms with Crippen LogP contribution in [0.2, 0.25) is 0 Å². The minimum atomic E-state index is -0.515. The van der Waals surface area contributed by atoms with Crippen molar-refractivity contribution in [3.8, 4) is 11.5 Å². The molecule has 1 unspecified atom stereocenters. The Bertz CT molecular complexity index is 610. The monoisotopic (exact) mass is 334 g/mol. The van der Waals surface area contributed by atoms with Gasteiger partial charge in [-0.1, -0.05) is 28.1 Å². The van der Waals surface area contributed by atoms with Gasteiger partial charge in [0.15, 0.2) is 0 Å². The second-order valence-corrected chi connectivity index (χ2v) is 5.73. The van der Waals surface area contributed by atoms with E-state index >= 15 is 0 Å². The highest BCUT2D eigenvalue weighted by atomic mass is 79.9. The molecule has 1 N–H and O–H groups in total. The first kappa shape index (κ1) is 13.5. The molecule has 3 nitrogen and oxygen atoms in total. The van der Waals surface area contributed by atoms with Gasteiger partial charge < -0.3 is 14.6 Å². The minimum Gasteiger partial charge on any atom is -0.497 e. The molecule has 2 aromatic rings. The largest absolute Gasteiger partial charge is 0.497 e. The second-order valence-electron chi connectivity index (χ2n) is 4.81. The van der Waals surface area contributed by atoms with E-state index in [9.17, 15) is 5.11 Å². The standard InChI is InChI=1S/C16H15BrO3/c1-19-12-6-7-13-14(18)9-15(20-16(13)8-12)10-2-4-11(17)5-3-10/h2-8,14-15,18H,9H2,1H3/t14-,15?/m0/s1. The molecule has 0 aromatic heterocycles. The van der Waals surface area contributed by atoms with Gasteiger partial charge in [-0.2, -0.15) is 0 Å². The van der Waals surface area contributed by atoms with E-state index in [0.717, 1.165) is 21.3 Å². The molecule has 0 spiro atoms. The van der Waals surface area contributed by atoms with Crippen LogP contribution in [0.4, 0.5) is 0 Å². The Morgan fingerprint density at radius 3 is 2.65 bits per heavy atom. The lowest BCUT2D eigenvalue weighted by atomic mass is 9.95. The van der Waals surface area contributed by atoms with E-state index in [-0.39, 0.29) is 6.10 Å². The molecule has 1 aliphatic heterocycles. The summed E-state index contributed by atoms with van der Waals surface area (Å²) in [7, 11) is 1.62. The molecule has 0 saturated carbocycles. The maximum absolute atomic E-state index is 10.3. The van der Waals surface area contributed by atoms with Crippen LogP contribution < -0.4 is 9.47 Å². The van der Waals surface area contributed by atoms with Crippen molar-refractivity contribution in [2.45, 2.75) is 18.6 Å². The molecule has 4 heteroatoms. The van der Waals surface area contributed by atoms with Crippen molar-refractivity contribution in [1.82, 2.24) is 0 Å². The normalized spacial score (nSPS) is 20.9. The van der Waals surface area contributed by atoms with Gasteiger partial charge in [0.05, 0.1) is 13.2 Å². The van der Waals surface area contributed by atoms with Crippen LogP contribution >= 0.6 is 15.9 Å². The Balaban J connectivity index is 1.92. The highest BCUT2D eigenvalue weighted by Crippen LogP contribution is 2.42. The van der Waals surface area contributed by atoms with Crippen molar-refractivity contribution >= 4 is 15.9 Å². The third-order valence-electron chi connectivity index (χ3n) is 3.53. The van der Waals surface area contributed by atoms with Crippen LogP contribution in [0.1, 0.15) is 29.8 Å². The molecule has 0 bridgehead atoms. The number of aliphatic hydroxyl groups excluding tert-OH is 1. The van der Waals surface area contributed by atoms with Crippen LogP contribution in [0, 0.1) is 0 Å². The van der Waals surface area contributed by atoms with Gasteiger partial charge in [0.1, 0.15) is 17.6 Å². The molecule has 0 radical (unpaired) electrons. The predicted octanol–water partition coefficient (Wildman–Crippen LogP) is 4.01. The van der Waals surface area contributed by atoms with E-state index in [1.807, 2.05) is 42.5 Å². The number of hydrogen-bond donors (Lipinski definition) is 1. The second kappa shape index (κ2) is 5.46. The molecule has 3 rings (SSSR count). The third kappa shape index (κ3) is 2.53. The van der Waals surface area contributed by atoms with Crippen molar-refractivity contribution in [1.29, 1.82) is 0 Å². The quantitative estimate of drug-likeness (QED) is 0.901. The van der Waals surface area contributed by atoms with Gasteiger partial charge in [0, 0.05) is 22.5 Å². The van der Waals surface area contributed by atoms with Crippen LogP contribution in [0.3, 0.4) is 0 Å². The molecule has 0 amide bonds. The van der Waals surface area contributed by atoms with E-state index in [2.05, 4.69) is 15.9 Å². The number of fused-ring (bicyclic) bond motifs is 1. The fourth-order valence-corrected chi connectivity index (χ4v) is 2.70. The van der Waals surface area contributed by atoms with Gasteiger partial charge >= 0.3 is 0 Å². The molecule has 20 heavy (non-hydrogen) atoms. The van der Waals surface area contributed by atoms with E-state index < -0.39 is 6.10 Å². The van der Waals surface area contributed by atoms with Crippen LogP contribution in [-0.4, -0.2) is 12.2 Å². The summed E-state index contributed by atoms with van der Waals surface area (Å²) in [6.07, 6.45) is -0.1000. The number of ether oxygens (including phenoxy) is 2. The molecule has 0 aliphatic carbocycles. The van der Waals surface area contributed by atoms with Gasteiger partial charge in [-0.3, -0.25) is 0 Å². The number of hydrogen-bond acceptors (Lipinski definition) is 3. The summed E-state index contributed by atoms with van der Waals surface area (Å²) in [5.74, 6) is 1.42. The zero-order valence-corrected chi connectivity index (χ0v) is 12.6. The molecule has 104 valence electrons. The first-order valence-corrected chi connectivity index (χ1v) is 7.25. The average molecular weight is 335 g/mol. The minimum absolute atomic E-state index is 0.141. The van der Waals surface area contributed by atoms with Gasteiger partial charge in [-0.05, 0) is 29.8 Å². The van der Waals surface area contributed by atoms with Crippen LogP contribution in [0.5, 0.6) is 11.5 Å². The van der Waals surface area contributed by atoms with E-state index in [0.29, 0.717) is 12.2 Å². The summed E-state index contributed by atoms with van der Waals surface area (Å²) in [6, 6.07) is 13.5. The number of methoxy groups -OCH3 is 1. The number of aliphatic hydroxyl groups is 1. The first-order valence-electron chi connectivity index (χ1n) is 6.45. The lowest BCUT2D eigenvalue weighted by Crippen LogP contribution is -2.19. The van der Waals surface area contributed by atoms with Crippen molar-refractivity contribution in [3.05, 3.63) is 58.1 Å². The van der Waals surface area contributed by atoms with Crippen molar-refractivity contribution in [2.24, 2.45) is 0 Å². The highest BCUT2D eigenvalue weighted by Gasteiger charge is 2.28. The number of benzene rings is 2. The SMILES string of the molecule is COc1ccc2c(c1)OC(c1ccc(Br)cc1)C[C@@H]2O. The summed E-state index contributed by atoms with van der Waals surface area (Å²) < 4.78 is 12.2. The van der Waals surface area contributed by atoms with Crippen molar-refractivity contribution in [3.63, 3.8) is 0 Å². The van der Waals surface area contributed by atoms with Crippen LogP contribution in [0.15, 0.2) is 46.9 Å². The zero-order valence-electron chi connectivity index (χ0n) is 11.0. The molecule has 0 fully saturated rings. The fraction of sp³-hybridized carbons (Fsp3) is 0.250. The zero-order chi connectivity index (χ0) is 14.1. The molecule has 2 aromatic carbocycles. The molecule has 0 saturated heterocycles. The van der Waals surface area contributed by atoms with Crippen LogP contribution in [0.25, 0.3) is 0 Å². The molecular formula is C16H15BrO3. The van der Waals surface area contributed by atoms with E-state index in [4.69, 9.17) is 9.47 Å². The highest BCUT2D eigenvalue weighted by molar-refractivity contribution is 9.10. The van der Waals surface area contributed by atoms with E-state index in [1.54, 1.807) is 7.11 Å². The number of rotatable bonds is 2. The lowest BCUT2D eigenvalue weighted by molar-refractivity contribution is 0.0655. The van der Waals surface area contributed by atoms with Crippen molar-refractivity contribution < 1.29 is 14.6 Å². The first-order chi connectivity index (χ1) is 9.67. The molecular weight excluding hydrogens is 320 g/mol. The molecule has 1 heterocycles. The lowest BCUT2D eigenvalue weighted by Gasteiger charge is -2.30. The maximum atomic E-state index is 10.3. The molecule has 1 aliphatic rings. The van der Waals surface area contributed by atoms with Gasteiger partial charge in [0.2, 0.25) is 0 Å². The summed E-state index contributed by atoms with van der Waals surface area (Å²) in [4.78, 5) is 0. The van der Waals surface area contributed by atoms with E-state index in [1.165, 1.54) is 0 Å². The predicted molar refractivity (Wildman–Crippen MR) is 80.1 cm³/mol. The summed E-state index contributed by atoms with van der Waals surface area (Å²) in [5, 5.41) is 10.3. The van der Waals surface area contributed by atoms with Gasteiger partial charge in [0.25, 0.3) is 0 Å². The fourth-order valence-electron chi connectivity index (χ4n) is 2.43. The summed E-state index contributed by atoms with van der Waals surface area (Å²) >= 11 is 3.42. The Kier molecular flexibility index (Phi) is 3.68. The van der Waals surface area contributed by atoms with Gasteiger partial charge in [-0.15, -0.1) is 0 Å². The average Bonchev–Trinajstić information content (AvgIpc) is 2.47. The Labute approximate surface area is 126 Å². The smallest absolute Gasteiger partial charge is 0.129 e. The third-order valence-corrected chi connectivity index (χ3v) is 4.06. The number of halogens is 1. The summed E-state index contributed by atoms with van der Waals surface area (Å²) in [5.41, 5.74) is 1.87.